The van der Waals surface area contributed by atoms with Crippen molar-refractivity contribution in [2.24, 2.45) is 0 Å². The first kappa shape index (κ1) is 11.3. The Morgan fingerprint density at radius 3 is 2.42 bits per heavy atom. The van der Waals surface area contributed by atoms with Gasteiger partial charge in [-0.05, 0) is 30.3 Å². The molecular weight excluding hydrogens is 238 g/mol. The first-order valence-corrected chi connectivity index (χ1v) is 5.91. The molecular formula is C15H11N3O. The molecule has 0 unspecified atom stereocenters. The topological polar surface area (TPSA) is 47.8 Å². The fraction of sp³-hybridized carbons (Fsp3) is 0. The smallest absolute Gasteiger partial charge is 0.229 e. The van der Waals surface area contributed by atoms with Crippen molar-refractivity contribution in [3.63, 3.8) is 0 Å². The summed E-state index contributed by atoms with van der Waals surface area (Å²) in [4.78, 5) is 16.5. The molecule has 0 amide bonds. The Morgan fingerprint density at radius 2 is 1.68 bits per heavy atom. The Balaban J connectivity index is 2.04. The van der Waals surface area contributed by atoms with Crippen molar-refractivity contribution in [2.45, 2.75) is 0 Å². The number of rotatable bonds is 3. The van der Waals surface area contributed by atoms with E-state index in [2.05, 4.69) is 10.1 Å². The third kappa shape index (κ3) is 2.15. The number of hydrogen-bond donors (Lipinski definition) is 0. The van der Waals surface area contributed by atoms with Gasteiger partial charge in [-0.3, -0.25) is 9.78 Å². The normalized spacial score (nSPS) is 10.3. The Morgan fingerprint density at radius 1 is 0.895 bits per heavy atom. The van der Waals surface area contributed by atoms with E-state index in [-0.39, 0.29) is 5.78 Å². The Kier molecular flexibility index (Phi) is 2.90. The molecule has 3 rings (SSSR count). The van der Waals surface area contributed by atoms with Gasteiger partial charge in [0.2, 0.25) is 5.78 Å². The standard InChI is InChI=1S/C15H11N3O/c19-15(13-8-4-5-10-16-13)14-9-11-17-18(14)12-6-2-1-3-7-12/h1-11H. The maximum atomic E-state index is 12.4. The molecule has 19 heavy (non-hydrogen) atoms. The highest BCUT2D eigenvalue weighted by Crippen LogP contribution is 2.13. The zero-order chi connectivity index (χ0) is 13.1. The van der Waals surface area contributed by atoms with Crippen LogP contribution in [0.25, 0.3) is 5.69 Å². The van der Waals surface area contributed by atoms with E-state index >= 15 is 0 Å². The molecule has 4 nitrogen and oxygen atoms in total. The second kappa shape index (κ2) is 4.86. The lowest BCUT2D eigenvalue weighted by molar-refractivity contribution is 0.102. The van der Waals surface area contributed by atoms with Crippen molar-refractivity contribution >= 4 is 5.78 Å². The predicted octanol–water partition coefficient (Wildman–Crippen LogP) is 2.50. The molecule has 0 saturated carbocycles. The molecule has 0 aliphatic heterocycles. The minimum Gasteiger partial charge on any atom is -0.285 e. The highest BCUT2D eigenvalue weighted by Gasteiger charge is 2.15. The van der Waals surface area contributed by atoms with Gasteiger partial charge in [0.25, 0.3) is 0 Å². The van der Waals surface area contributed by atoms with Gasteiger partial charge in [-0.2, -0.15) is 5.10 Å². The van der Waals surface area contributed by atoms with Crippen molar-refractivity contribution in [3.8, 4) is 5.69 Å². The molecule has 0 bridgehead atoms. The molecule has 0 N–H and O–H groups in total. The summed E-state index contributed by atoms with van der Waals surface area (Å²) in [5, 5.41) is 4.20. The molecule has 0 atom stereocenters. The molecule has 92 valence electrons. The van der Waals surface area contributed by atoms with Gasteiger partial charge in [-0.25, -0.2) is 4.68 Å². The van der Waals surface area contributed by atoms with Crippen LogP contribution in [0.3, 0.4) is 0 Å². The van der Waals surface area contributed by atoms with E-state index in [0.29, 0.717) is 11.4 Å². The largest absolute Gasteiger partial charge is 0.285 e. The fourth-order valence-electron chi connectivity index (χ4n) is 1.88. The van der Waals surface area contributed by atoms with Gasteiger partial charge in [0.1, 0.15) is 11.4 Å². The van der Waals surface area contributed by atoms with Gasteiger partial charge < -0.3 is 0 Å². The molecule has 0 aliphatic rings. The summed E-state index contributed by atoms with van der Waals surface area (Å²) in [6.07, 6.45) is 3.22. The van der Waals surface area contributed by atoms with E-state index in [9.17, 15) is 4.79 Å². The lowest BCUT2D eigenvalue weighted by Gasteiger charge is -2.06. The Bertz CT molecular complexity index is 690. The summed E-state index contributed by atoms with van der Waals surface area (Å²) < 4.78 is 1.62. The van der Waals surface area contributed by atoms with E-state index in [1.807, 2.05) is 30.3 Å². The van der Waals surface area contributed by atoms with E-state index in [4.69, 9.17) is 0 Å². The maximum absolute atomic E-state index is 12.4. The number of aromatic nitrogens is 3. The van der Waals surface area contributed by atoms with Crippen LogP contribution in [-0.4, -0.2) is 20.5 Å². The summed E-state index contributed by atoms with van der Waals surface area (Å²) in [5.41, 5.74) is 1.77. The van der Waals surface area contributed by atoms with E-state index in [1.165, 1.54) is 0 Å². The van der Waals surface area contributed by atoms with Crippen LogP contribution in [0.5, 0.6) is 0 Å². The minimum absolute atomic E-state index is 0.137. The highest BCUT2D eigenvalue weighted by atomic mass is 16.1. The number of ketones is 1. The van der Waals surface area contributed by atoms with E-state index in [1.54, 1.807) is 41.3 Å². The molecule has 2 heterocycles. The zero-order valence-electron chi connectivity index (χ0n) is 10.1. The Labute approximate surface area is 110 Å². The van der Waals surface area contributed by atoms with Crippen LogP contribution in [0.1, 0.15) is 16.2 Å². The van der Waals surface area contributed by atoms with Crippen molar-refractivity contribution in [2.75, 3.05) is 0 Å². The van der Waals surface area contributed by atoms with Crippen LogP contribution in [0, 0.1) is 0 Å². The molecule has 1 aromatic carbocycles. The fourth-order valence-corrected chi connectivity index (χ4v) is 1.88. The van der Waals surface area contributed by atoms with E-state index < -0.39 is 0 Å². The van der Waals surface area contributed by atoms with Gasteiger partial charge in [-0.1, -0.05) is 24.3 Å². The third-order valence-corrected chi connectivity index (χ3v) is 2.77. The van der Waals surface area contributed by atoms with Crippen LogP contribution in [-0.2, 0) is 0 Å². The van der Waals surface area contributed by atoms with Gasteiger partial charge in [0.15, 0.2) is 0 Å². The minimum atomic E-state index is -0.137. The highest BCUT2D eigenvalue weighted by molar-refractivity contribution is 6.06. The molecule has 4 heteroatoms. The second-order valence-electron chi connectivity index (χ2n) is 4.01. The first-order valence-electron chi connectivity index (χ1n) is 5.91. The average molecular weight is 249 g/mol. The molecule has 0 aliphatic carbocycles. The molecule has 0 spiro atoms. The van der Waals surface area contributed by atoms with Crippen LogP contribution in [0.4, 0.5) is 0 Å². The number of benzene rings is 1. The molecule has 0 radical (unpaired) electrons. The lowest BCUT2D eigenvalue weighted by atomic mass is 10.2. The number of para-hydroxylation sites is 1. The third-order valence-electron chi connectivity index (χ3n) is 2.77. The van der Waals surface area contributed by atoms with Gasteiger partial charge >= 0.3 is 0 Å². The van der Waals surface area contributed by atoms with E-state index in [0.717, 1.165) is 5.69 Å². The molecule has 0 saturated heterocycles. The number of carbonyl (C=O) groups excluding carboxylic acids is 1. The van der Waals surface area contributed by atoms with Crippen molar-refractivity contribution in [3.05, 3.63) is 78.4 Å². The quantitative estimate of drug-likeness (QED) is 0.670. The summed E-state index contributed by atoms with van der Waals surface area (Å²) in [6.45, 7) is 0. The number of pyridine rings is 1. The van der Waals surface area contributed by atoms with Crippen molar-refractivity contribution in [1.82, 2.24) is 14.8 Å². The van der Waals surface area contributed by atoms with Crippen molar-refractivity contribution in [1.29, 1.82) is 0 Å². The summed E-state index contributed by atoms with van der Waals surface area (Å²) in [5.74, 6) is -0.137. The SMILES string of the molecule is O=C(c1ccccn1)c1ccnn1-c1ccccc1. The zero-order valence-corrected chi connectivity index (χ0v) is 10.1. The number of nitrogens with zero attached hydrogens (tertiary/aromatic N) is 3. The van der Waals surface area contributed by atoms with Crippen LogP contribution in [0.2, 0.25) is 0 Å². The predicted molar refractivity (Wildman–Crippen MR) is 71.2 cm³/mol. The summed E-state index contributed by atoms with van der Waals surface area (Å²) in [7, 11) is 0. The summed E-state index contributed by atoms with van der Waals surface area (Å²) in [6, 6.07) is 16.5. The first-order chi connectivity index (χ1) is 9.36. The Hall–Kier alpha value is -2.75. The average Bonchev–Trinajstić information content (AvgIpc) is 2.98. The number of hydrogen-bond acceptors (Lipinski definition) is 3. The van der Waals surface area contributed by atoms with Gasteiger partial charge in [0.05, 0.1) is 11.9 Å². The van der Waals surface area contributed by atoms with Gasteiger partial charge in [0, 0.05) is 6.20 Å². The maximum Gasteiger partial charge on any atom is 0.229 e. The summed E-state index contributed by atoms with van der Waals surface area (Å²) >= 11 is 0. The van der Waals surface area contributed by atoms with Crippen molar-refractivity contribution < 1.29 is 4.79 Å². The monoisotopic (exact) mass is 249 g/mol. The van der Waals surface area contributed by atoms with Gasteiger partial charge in [-0.15, -0.1) is 0 Å². The molecule has 2 aromatic heterocycles. The molecule has 3 aromatic rings. The number of carbonyl (C=O) groups is 1. The lowest BCUT2D eigenvalue weighted by Crippen LogP contribution is -2.11. The molecule has 0 fully saturated rings. The second-order valence-corrected chi connectivity index (χ2v) is 4.01. The van der Waals surface area contributed by atoms with Crippen LogP contribution >= 0.6 is 0 Å². The van der Waals surface area contributed by atoms with Crippen LogP contribution < -0.4 is 0 Å². The van der Waals surface area contributed by atoms with Crippen LogP contribution in [0.15, 0.2) is 67.0 Å².